The van der Waals surface area contributed by atoms with Crippen molar-refractivity contribution in [2.45, 2.75) is 0 Å². The lowest BCUT2D eigenvalue weighted by molar-refractivity contribution is 0.102. The maximum Gasteiger partial charge on any atom is 0.260 e. The summed E-state index contributed by atoms with van der Waals surface area (Å²) in [6, 6.07) is 4.95. The summed E-state index contributed by atoms with van der Waals surface area (Å²) in [6.07, 6.45) is 2.96. The third-order valence-corrected chi connectivity index (χ3v) is 2.92. The molecule has 0 spiro atoms. The van der Waals surface area contributed by atoms with Crippen LogP contribution in [-0.4, -0.2) is 30.1 Å². The molecule has 2 rings (SSSR count). The minimum absolute atomic E-state index is 0.332. The summed E-state index contributed by atoms with van der Waals surface area (Å²) in [4.78, 5) is 20.2. The number of nitrogens with zero attached hydrogens (tertiary/aromatic N) is 2. The first kappa shape index (κ1) is 14.3. The monoisotopic (exact) mass is 337 g/mol. The van der Waals surface area contributed by atoms with Gasteiger partial charge in [-0.15, -0.1) is 0 Å². The largest absolute Gasteiger partial charge is 0.497 e. The molecule has 0 unspecified atom stereocenters. The van der Waals surface area contributed by atoms with Crippen molar-refractivity contribution in [3.8, 4) is 11.5 Å². The summed E-state index contributed by atoms with van der Waals surface area (Å²) in [5.74, 6) is 1.06. The van der Waals surface area contributed by atoms with E-state index in [1.165, 1.54) is 19.5 Å². The van der Waals surface area contributed by atoms with E-state index in [0.717, 1.165) is 0 Å². The number of benzene rings is 1. The SMILES string of the molecule is COc1ccc(C(=O)Nc2cnc(Br)cn2)c(OC)c1. The van der Waals surface area contributed by atoms with Crippen molar-refractivity contribution < 1.29 is 14.3 Å². The van der Waals surface area contributed by atoms with Gasteiger partial charge in [-0.1, -0.05) is 0 Å². The van der Waals surface area contributed by atoms with Crippen molar-refractivity contribution in [2.24, 2.45) is 0 Å². The smallest absolute Gasteiger partial charge is 0.260 e. The normalized spacial score (nSPS) is 9.95. The van der Waals surface area contributed by atoms with Crippen LogP contribution in [0.3, 0.4) is 0 Å². The summed E-state index contributed by atoms with van der Waals surface area (Å²) >= 11 is 3.18. The Balaban J connectivity index is 2.22. The van der Waals surface area contributed by atoms with Gasteiger partial charge in [0.25, 0.3) is 5.91 Å². The van der Waals surface area contributed by atoms with Crippen molar-refractivity contribution in [1.29, 1.82) is 0 Å². The lowest BCUT2D eigenvalue weighted by atomic mass is 10.1. The maximum absolute atomic E-state index is 12.2. The summed E-state index contributed by atoms with van der Waals surface area (Å²) in [5.41, 5.74) is 0.387. The van der Waals surface area contributed by atoms with Crippen LogP contribution in [0.5, 0.6) is 11.5 Å². The van der Waals surface area contributed by atoms with Gasteiger partial charge in [0.05, 0.1) is 32.2 Å². The second kappa shape index (κ2) is 6.33. The van der Waals surface area contributed by atoms with Crippen LogP contribution in [-0.2, 0) is 0 Å². The van der Waals surface area contributed by atoms with Crippen LogP contribution in [0.4, 0.5) is 5.82 Å². The van der Waals surface area contributed by atoms with E-state index >= 15 is 0 Å². The number of carbonyl (C=O) groups excluding carboxylic acids is 1. The van der Waals surface area contributed by atoms with Crippen LogP contribution < -0.4 is 14.8 Å². The fraction of sp³-hybridized carbons (Fsp3) is 0.154. The molecular weight excluding hydrogens is 326 g/mol. The van der Waals surface area contributed by atoms with Crippen LogP contribution in [0, 0.1) is 0 Å². The van der Waals surface area contributed by atoms with Gasteiger partial charge in [0.2, 0.25) is 0 Å². The molecule has 0 fully saturated rings. The van der Waals surface area contributed by atoms with Crippen LogP contribution in [0.25, 0.3) is 0 Å². The molecule has 6 nitrogen and oxygen atoms in total. The first-order valence-electron chi connectivity index (χ1n) is 5.65. The zero-order valence-electron chi connectivity index (χ0n) is 10.9. The Kier molecular flexibility index (Phi) is 4.52. The van der Waals surface area contributed by atoms with Crippen molar-refractivity contribution in [2.75, 3.05) is 19.5 Å². The fourth-order valence-corrected chi connectivity index (χ4v) is 1.75. The number of ether oxygens (including phenoxy) is 2. The highest BCUT2D eigenvalue weighted by Crippen LogP contribution is 2.25. The van der Waals surface area contributed by atoms with Crippen molar-refractivity contribution in [1.82, 2.24) is 9.97 Å². The van der Waals surface area contributed by atoms with Gasteiger partial charge in [0, 0.05) is 6.07 Å². The van der Waals surface area contributed by atoms with Crippen LogP contribution in [0.2, 0.25) is 0 Å². The van der Waals surface area contributed by atoms with E-state index in [1.54, 1.807) is 25.3 Å². The highest BCUT2D eigenvalue weighted by Gasteiger charge is 2.14. The molecule has 0 aliphatic heterocycles. The summed E-state index contributed by atoms with van der Waals surface area (Å²) in [6.45, 7) is 0. The molecule has 0 aliphatic carbocycles. The van der Waals surface area contributed by atoms with E-state index in [1.807, 2.05) is 0 Å². The maximum atomic E-state index is 12.2. The quantitative estimate of drug-likeness (QED) is 0.927. The third kappa shape index (κ3) is 3.24. The molecule has 104 valence electrons. The summed E-state index contributed by atoms with van der Waals surface area (Å²) in [7, 11) is 3.04. The molecule has 1 aromatic carbocycles. The second-order valence-electron chi connectivity index (χ2n) is 3.74. The molecule has 2 aromatic rings. The molecule has 0 atom stereocenters. The number of methoxy groups -OCH3 is 2. The van der Waals surface area contributed by atoms with Crippen molar-refractivity contribution in [3.05, 3.63) is 40.8 Å². The Hall–Kier alpha value is -2.15. The van der Waals surface area contributed by atoms with Crippen molar-refractivity contribution >= 4 is 27.7 Å². The van der Waals surface area contributed by atoms with Gasteiger partial charge < -0.3 is 14.8 Å². The van der Waals surface area contributed by atoms with E-state index in [-0.39, 0.29) is 5.91 Å². The average molecular weight is 338 g/mol. The van der Waals surface area contributed by atoms with Crippen LogP contribution in [0.1, 0.15) is 10.4 Å². The number of halogens is 1. The number of anilines is 1. The highest BCUT2D eigenvalue weighted by molar-refractivity contribution is 9.10. The fourth-order valence-electron chi connectivity index (χ4n) is 1.55. The van der Waals surface area contributed by atoms with E-state index < -0.39 is 0 Å². The Bertz CT molecular complexity index is 617. The summed E-state index contributed by atoms with van der Waals surface area (Å²) in [5, 5.41) is 2.64. The number of hydrogen-bond donors (Lipinski definition) is 1. The van der Waals surface area contributed by atoms with Gasteiger partial charge >= 0.3 is 0 Å². The minimum Gasteiger partial charge on any atom is -0.497 e. The highest BCUT2D eigenvalue weighted by atomic mass is 79.9. The average Bonchev–Trinajstić information content (AvgIpc) is 2.48. The van der Waals surface area contributed by atoms with E-state index in [4.69, 9.17) is 9.47 Å². The topological polar surface area (TPSA) is 73.3 Å². The Morgan fingerprint density at radius 1 is 1.20 bits per heavy atom. The van der Waals surface area contributed by atoms with E-state index in [9.17, 15) is 4.79 Å². The molecule has 1 N–H and O–H groups in total. The number of aromatic nitrogens is 2. The van der Waals surface area contributed by atoms with Gasteiger partial charge in [0.1, 0.15) is 16.1 Å². The third-order valence-electron chi connectivity index (χ3n) is 2.52. The molecule has 1 heterocycles. The Morgan fingerprint density at radius 2 is 2.00 bits per heavy atom. The first-order chi connectivity index (χ1) is 9.63. The molecule has 0 saturated carbocycles. The molecule has 0 radical (unpaired) electrons. The van der Waals surface area contributed by atoms with Crippen molar-refractivity contribution in [3.63, 3.8) is 0 Å². The van der Waals surface area contributed by atoms with E-state index in [2.05, 4.69) is 31.2 Å². The molecule has 1 aromatic heterocycles. The number of carbonyl (C=O) groups is 1. The van der Waals surface area contributed by atoms with Gasteiger partial charge in [-0.25, -0.2) is 9.97 Å². The predicted molar refractivity (Wildman–Crippen MR) is 77.2 cm³/mol. The van der Waals surface area contributed by atoms with Gasteiger partial charge in [-0.3, -0.25) is 4.79 Å². The van der Waals surface area contributed by atoms with Gasteiger partial charge in [0.15, 0.2) is 5.82 Å². The van der Waals surface area contributed by atoms with Crippen LogP contribution in [0.15, 0.2) is 35.2 Å². The molecular formula is C13H12BrN3O3. The standard InChI is InChI=1S/C13H12BrN3O3/c1-19-8-3-4-9(10(5-8)20-2)13(18)17-12-7-15-11(14)6-16-12/h3-7H,1-2H3,(H,16,17,18). The zero-order valence-corrected chi connectivity index (χ0v) is 12.5. The van der Waals surface area contributed by atoms with Gasteiger partial charge in [-0.05, 0) is 28.1 Å². The van der Waals surface area contributed by atoms with E-state index in [0.29, 0.717) is 27.5 Å². The predicted octanol–water partition coefficient (Wildman–Crippen LogP) is 2.51. The lowest BCUT2D eigenvalue weighted by Crippen LogP contribution is -2.14. The minimum atomic E-state index is -0.332. The zero-order chi connectivity index (χ0) is 14.5. The number of rotatable bonds is 4. The molecule has 20 heavy (non-hydrogen) atoms. The Labute approximate surface area is 124 Å². The lowest BCUT2D eigenvalue weighted by Gasteiger charge is -2.10. The number of hydrogen-bond acceptors (Lipinski definition) is 5. The Morgan fingerprint density at radius 3 is 2.60 bits per heavy atom. The van der Waals surface area contributed by atoms with Gasteiger partial charge in [-0.2, -0.15) is 0 Å². The first-order valence-corrected chi connectivity index (χ1v) is 6.44. The number of nitrogens with one attached hydrogen (secondary N) is 1. The second-order valence-corrected chi connectivity index (χ2v) is 4.56. The molecule has 0 aliphatic rings. The molecule has 7 heteroatoms. The molecule has 1 amide bonds. The molecule has 0 bridgehead atoms. The summed E-state index contributed by atoms with van der Waals surface area (Å²) < 4.78 is 10.9. The van der Waals surface area contributed by atoms with Crippen LogP contribution >= 0.6 is 15.9 Å². The molecule has 0 saturated heterocycles. The number of amides is 1.